The molecule has 0 fully saturated rings. The zero-order valence-electron chi connectivity index (χ0n) is 14.7. The van der Waals surface area contributed by atoms with E-state index in [1.807, 2.05) is 0 Å². The van der Waals surface area contributed by atoms with E-state index in [-0.39, 0.29) is 16.3 Å². The van der Waals surface area contributed by atoms with Crippen LogP contribution >= 0.6 is 11.3 Å². The molecule has 0 aliphatic heterocycles. The first-order chi connectivity index (χ1) is 12.8. The van der Waals surface area contributed by atoms with Gasteiger partial charge in [0.1, 0.15) is 10.8 Å². The van der Waals surface area contributed by atoms with Crippen LogP contribution in [-0.2, 0) is 14.3 Å². The predicted octanol–water partition coefficient (Wildman–Crippen LogP) is 2.00. The summed E-state index contributed by atoms with van der Waals surface area (Å²) < 4.78 is 10.3. The number of amides is 2. The maximum absolute atomic E-state index is 12.1. The smallest absolute Gasteiger partial charge is 0.344 e. The summed E-state index contributed by atoms with van der Waals surface area (Å²) in [5, 5.41) is 4.39. The molecule has 0 saturated heterocycles. The quantitative estimate of drug-likeness (QED) is 0.525. The average Bonchev–Trinajstić information content (AvgIpc) is 3.08. The monoisotopic (exact) mass is 390 g/mol. The summed E-state index contributed by atoms with van der Waals surface area (Å²) in [7, 11) is 0. The molecule has 0 saturated carbocycles. The summed E-state index contributed by atoms with van der Waals surface area (Å²) in [6.45, 7) is 2.44. The van der Waals surface area contributed by atoms with Gasteiger partial charge in [-0.2, -0.15) is 0 Å². The first kappa shape index (κ1) is 20.1. The van der Waals surface area contributed by atoms with Gasteiger partial charge in [-0.15, -0.1) is 11.3 Å². The second-order valence-electron chi connectivity index (χ2n) is 5.52. The zero-order valence-corrected chi connectivity index (χ0v) is 15.5. The minimum atomic E-state index is -1.09. The molecule has 0 unspecified atom stereocenters. The third kappa shape index (κ3) is 5.65. The lowest BCUT2D eigenvalue weighted by atomic mass is 10.1. The molecule has 0 radical (unpaired) electrons. The van der Waals surface area contributed by atoms with Crippen LogP contribution in [0, 0.1) is 0 Å². The van der Waals surface area contributed by atoms with Crippen LogP contribution in [-0.4, -0.2) is 36.3 Å². The lowest BCUT2D eigenvalue weighted by Crippen LogP contribution is -2.32. The van der Waals surface area contributed by atoms with E-state index in [0.29, 0.717) is 11.3 Å². The molecule has 27 heavy (non-hydrogen) atoms. The van der Waals surface area contributed by atoms with Crippen molar-refractivity contribution in [3.8, 4) is 5.75 Å². The molecule has 142 valence electrons. The van der Waals surface area contributed by atoms with Crippen LogP contribution < -0.4 is 15.8 Å². The van der Waals surface area contributed by atoms with E-state index in [1.165, 1.54) is 19.9 Å². The third-order valence-corrected chi connectivity index (χ3v) is 4.29. The lowest BCUT2D eigenvalue weighted by molar-refractivity contribution is -0.155. The van der Waals surface area contributed by atoms with Gasteiger partial charge in [0.25, 0.3) is 11.8 Å². The van der Waals surface area contributed by atoms with Gasteiger partial charge in [0, 0.05) is 5.56 Å². The van der Waals surface area contributed by atoms with Gasteiger partial charge >= 0.3 is 5.97 Å². The number of Topliss-reactive ketones (excluding diaryl/α,β-unsaturated/α-hetero) is 1. The lowest BCUT2D eigenvalue weighted by Gasteiger charge is -2.13. The van der Waals surface area contributed by atoms with Gasteiger partial charge in [0.05, 0.1) is 5.56 Å². The van der Waals surface area contributed by atoms with Crippen molar-refractivity contribution in [2.24, 2.45) is 5.73 Å². The Morgan fingerprint density at radius 2 is 1.81 bits per heavy atom. The highest BCUT2D eigenvalue weighted by Gasteiger charge is 2.21. The summed E-state index contributed by atoms with van der Waals surface area (Å²) in [5.74, 6) is -1.70. The number of ether oxygens (including phenoxy) is 2. The van der Waals surface area contributed by atoms with Gasteiger partial charge in [-0.25, -0.2) is 4.79 Å². The van der Waals surface area contributed by atoms with Crippen molar-refractivity contribution in [2.75, 3.05) is 11.9 Å². The van der Waals surface area contributed by atoms with E-state index in [0.717, 1.165) is 11.3 Å². The fourth-order valence-corrected chi connectivity index (χ4v) is 2.82. The molecule has 3 N–H and O–H groups in total. The highest BCUT2D eigenvalue weighted by atomic mass is 32.1. The standard InChI is InChI=1S/C18H18N2O6S/c1-10(21)12-3-5-13(6-4-12)25-9-15(22)26-11(2)17(24)20-18-14(16(19)23)7-8-27-18/h3-8,11H,9H2,1-2H3,(H2,19,23)(H,20,24)/t11-/m1/s1. The highest BCUT2D eigenvalue weighted by Crippen LogP contribution is 2.23. The van der Waals surface area contributed by atoms with Crippen LogP contribution in [0.1, 0.15) is 34.6 Å². The summed E-state index contributed by atoms with van der Waals surface area (Å²) in [4.78, 5) is 46.4. The van der Waals surface area contributed by atoms with Crippen LogP contribution in [0.4, 0.5) is 5.00 Å². The van der Waals surface area contributed by atoms with Gasteiger partial charge in [0.15, 0.2) is 18.5 Å². The molecule has 1 atom stereocenters. The molecule has 0 bridgehead atoms. The second-order valence-corrected chi connectivity index (χ2v) is 6.43. The SMILES string of the molecule is CC(=O)c1ccc(OCC(=O)O[C@H](C)C(=O)Nc2sccc2C(N)=O)cc1. The van der Waals surface area contributed by atoms with Gasteiger partial charge in [-0.1, -0.05) is 0 Å². The Morgan fingerprint density at radius 1 is 1.15 bits per heavy atom. The van der Waals surface area contributed by atoms with Crippen molar-refractivity contribution in [2.45, 2.75) is 20.0 Å². The number of nitrogens with one attached hydrogen (secondary N) is 1. The first-order valence-electron chi connectivity index (χ1n) is 7.89. The normalized spacial score (nSPS) is 11.3. The van der Waals surface area contributed by atoms with Gasteiger partial charge < -0.3 is 20.5 Å². The molecule has 2 rings (SSSR count). The molecule has 2 aromatic rings. The first-order valence-corrected chi connectivity index (χ1v) is 8.77. The van der Waals surface area contributed by atoms with Crippen LogP contribution in [0.3, 0.4) is 0 Å². The van der Waals surface area contributed by atoms with Crippen molar-refractivity contribution in [1.29, 1.82) is 0 Å². The summed E-state index contributed by atoms with van der Waals surface area (Å²) in [6.07, 6.45) is -1.09. The molecule has 2 amide bonds. The zero-order chi connectivity index (χ0) is 20.0. The maximum atomic E-state index is 12.1. The van der Waals surface area contributed by atoms with Crippen molar-refractivity contribution >= 4 is 39.9 Å². The fourth-order valence-electron chi connectivity index (χ4n) is 2.03. The molecule has 9 heteroatoms. The summed E-state index contributed by atoms with van der Waals surface area (Å²) in [5.41, 5.74) is 5.92. The Morgan fingerprint density at radius 3 is 2.41 bits per heavy atom. The molecular weight excluding hydrogens is 372 g/mol. The van der Waals surface area contributed by atoms with E-state index >= 15 is 0 Å². The topological polar surface area (TPSA) is 125 Å². The third-order valence-electron chi connectivity index (χ3n) is 3.46. The van der Waals surface area contributed by atoms with Crippen LogP contribution in [0.15, 0.2) is 35.7 Å². The number of hydrogen-bond donors (Lipinski definition) is 2. The van der Waals surface area contributed by atoms with E-state index < -0.39 is 30.5 Å². The van der Waals surface area contributed by atoms with Crippen molar-refractivity contribution in [3.63, 3.8) is 0 Å². The van der Waals surface area contributed by atoms with E-state index in [2.05, 4.69) is 5.32 Å². The van der Waals surface area contributed by atoms with Gasteiger partial charge in [-0.05, 0) is 49.6 Å². The number of ketones is 1. The Labute approximate surface area is 159 Å². The molecule has 1 aromatic heterocycles. The van der Waals surface area contributed by atoms with Crippen LogP contribution in [0.5, 0.6) is 5.75 Å². The molecule has 8 nitrogen and oxygen atoms in total. The number of primary amides is 1. The van der Waals surface area contributed by atoms with Crippen molar-refractivity contribution in [1.82, 2.24) is 0 Å². The Bertz CT molecular complexity index is 859. The molecular formula is C18H18N2O6S. The number of rotatable bonds is 8. The number of thiophene rings is 1. The van der Waals surface area contributed by atoms with E-state index in [4.69, 9.17) is 15.2 Å². The maximum Gasteiger partial charge on any atom is 0.344 e. The number of carbonyl (C=O) groups is 4. The Balaban J connectivity index is 1.83. The fraction of sp³-hybridized carbons (Fsp3) is 0.222. The number of nitrogens with two attached hydrogens (primary N) is 1. The molecule has 1 heterocycles. The minimum absolute atomic E-state index is 0.0777. The largest absolute Gasteiger partial charge is 0.482 e. The number of carbonyl (C=O) groups excluding carboxylic acids is 4. The summed E-state index contributed by atoms with van der Waals surface area (Å²) in [6, 6.07) is 7.77. The van der Waals surface area contributed by atoms with Crippen molar-refractivity contribution < 1.29 is 28.7 Å². The number of benzene rings is 1. The highest BCUT2D eigenvalue weighted by molar-refractivity contribution is 7.14. The average molecular weight is 390 g/mol. The molecule has 0 aliphatic carbocycles. The van der Waals surface area contributed by atoms with E-state index in [1.54, 1.807) is 29.6 Å². The molecule has 0 aliphatic rings. The number of esters is 1. The van der Waals surface area contributed by atoms with E-state index in [9.17, 15) is 19.2 Å². The minimum Gasteiger partial charge on any atom is -0.482 e. The number of anilines is 1. The molecule has 1 aromatic carbocycles. The van der Waals surface area contributed by atoms with Gasteiger partial charge in [0.2, 0.25) is 0 Å². The second kappa shape index (κ2) is 8.95. The Kier molecular flexibility index (Phi) is 6.67. The molecule has 0 spiro atoms. The summed E-state index contributed by atoms with van der Waals surface area (Å²) >= 11 is 1.13. The van der Waals surface area contributed by atoms with Crippen LogP contribution in [0.2, 0.25) is 0 Å². The predicted molar refractivity (Wildman–Crippen MR) is 99.0 cm³/mol. The number of hydrogen-bond acceptors (Lipinski definition) is 7. The van der Waals surface area contributed by atoms with Gasteiger partial charge in [-0.3, -0.25) is 14.4 Å². The van der Waals surface area contributed by atoms with Crippen LogP contribution in [0.25, 0.3) is 0 Å². The Hall–Kier alpha value is -3.20. The van der Waals surface area contributed by atoms with Crippen molar-refractivity contribution in [3.05, 3.63) is 46.8 Å².